The van der Waals surface area contributed by atoms with Crippen molar-refractivity contribution in [1.29, 1.82) is 0 Å². The highest BCUT2D eigenvalue weighted by Gasteiger charge is 2.33. The zero-order chi connectivity index (χ0) is 22.6. The van der Waals surface area contributed by atoms with Gasteiger partial charge in [0.1, 0.15) is 18.1 Å². The molecule has 3 amide bonds. The maximum absolute atomic E-state index is 12.7. The Hall–Kier alpha value is -2.24. The van der Waals surface area contributed by atoms with Crippen molar-refractivity contribution < 1.29 is 29.4 Å². The Morgan fingerprint density at radius 1 is 0.931 bits per heavy atom. The number of amides is 3. The maximum Gasteiger partial charge on any atom is 0.326 e. The highest BCUT2D eigenvalue weighted by molar-refractivity contribution is 5.94. The van der Waals surface area contributed by atoms with Crippen LogP contribution >= 0.6 is 0 Å². The molecule has 0 aromatic heterocycles. The average Bonchev–Trinajstić information content (AvgIpc) is 2.67. The number of aliphatic hydroxyl groups excluding tert-OH is 1. The molecular formula is C18H35N5O6. The number of carboxylic acid groups (broad SMARTS) is 1. The molecule has 0 heterocycles. The Labute approximate surface area is 171 Å². The van der Waals surface area contributed by atoms with E-state index in [2.05, 4.69) is 16.0 Å². The topological polar surface area (TPSA) is 197 Å². The summed E-state index contributed by atoms with van der Waals surface area (Å²) >= 11 is 0. The van der Waals surface area contributed by atoms with Crippen LogP contribution < -0.4 is 27.4 Å². The number of hydrogen-bond donors (Lipinski definition) is 7. The van der Waals surface area contributed by atoms with Crippen LogP contribution in [0.1, 0.15) is 46.5 Å². The molecule has 0 aliphatic heterocycles. The summed E-state index contributed by atoms with van der Waals surface area (Å²) in [4.78, 5) is 48.2. The lowest BCUT2D eigenvalue weighted by molar-refractivity contribution is -0.143. The predicted octanol–water partition coefficient (Wildman–Crippen LogP) is -1.96. The van der Waals surface area contributed by atoms with Crippen molar-refractivity contribution in [1.82, 2.24) is 16.0 Å². The minimum absolute atomic E-state index is 0.211. The number of aliphatic carboxylic acids is 1. The Morgan fingerprint density at radius 3 is 1.97 bits per heavy atom. The third kappa shape index (κ3) is 9.68. The summed E-state index contributed by atoms with van der Waals surface area (Å²) in [7, 11) is 0. The molecule has 0 aliphatic carbocycles. The van der Waals surface area contributed by atoms with Crippen LogP contribution in [-0.2, 0) is 19.2 Å². The molecule has 0 saturated heterocycles. The van der Waals surface area contributed by atoms with E-state index in [1.807, 2.05) is 6.92 Å². The molecular weight excluding hydrogens is 382 g/mol. The van der Waals surface area contributed by atoms with Crippen LogP contribution in [0, 0.1) is 5.92 Å². The van der Waals surface area contributed by atoms with Gasteiger partial charge in [0.25, 0.3) is 0 Å². The predicted molar refractivity (Wildman–Crippen MR) is 107 cm³/mol. The monoisotopic (exact) mass is 417 g/mol. The van der Waals surface area contributed by atoms with Crippen LogP contribution in [0.3, 0.4) is 0 Å². The molecule has 29 heavy (non-hydrogen) atoms. The minimum Gasteiger partial charge on any atom is -0.480 e. The third-order valence-corrected chi connectivity index (χ3v) is 4.62. The minimum atomic E-state index is -1.30. The molecule has 0 radical (unpaired) electrons. The second-order valence-corrected chi connectivity index (χ2v) is 7.05. The first kappa shape index (κ1) is 26.8. The zero-order valence-electron chi connectivity index (χ0n) is 17.3. The molecule has 0 fully saturated rings. The second-order valence-electron chi connectivity index (χ2n) is 7.05. The van der Waals surface area contributed by atoms with Crippen molar-refractivity contribution in [3.05, 3.63) is 0 Å². The summed E-state index contributed by atoms with van der Waals surface area (Å²) in [6, 6.07) is -3.45. The molecule has 0 aromatic rings. The fraction of sp³-hybridized carbons (Fsp3) is 0.778. The number of carbonyl (C=O) groups excluding carboxylic acids is 3. The highest BCUT2D eigenvalue weighted by Crippen LogP contribution is 2.10. The SMILES string of the molecule is CCC(C)C(NC(=O)C(NC(=O)CN)C(C)O)C(=O)NC(CCCCN)C(=O)O. The van der Waals surface area contributed by atoms with E-state index >= 15 is 0 Å². The number of hydrogen-bond acceptors (Lipinski definition) is 7. The van der Waals surface area contributed by atoms with Gasteiger partial charge in [-0.25, -0.2) is 4.79 Å². The maximum atomic E-state index is 12.7. The molecule has 11 heteroatoms. The van der Waals surface area contributed by atoms with Crippen molar-refractivity contribution in [2.24, 2.45) is 17.4 Å². The summed E-state index contributed by atoms with van der Waals surface area (Å²) in [5, 5.41) is 26.4. The van der Waals surface area contributed by atoms with E-state index in [1.165, 1.54) is 6.92 Å². The highest BCUT2D eigenvalue weighted by atomic mass is 16.4. The van der Waals surface area contributed by atoms with Gasteiger partial charge in [-0.2, -0.15) is 0 Å². The van der Waals surface area contributed by atoms with Crippen molar-refractivity contribution in [3.63, 3.8) is 0 Å². The van der Waals surface area contributed by atoms with Crippen LogP contribution in [-0.4, -0.2) is 71.2 Å². The van der Waals surface area contributed by atoms with Crippen molar-refractivity contribution in [2.45, 2.75) is 70.7 Å². The lowest BCUT2D eigenvalue weighted by atomic mass is 9.96. The molecule has 0 spiro atoms. The van der Waals surface area contributed by atoms with E-state index in [1.54, 1.807) is 6.92 Å². The summed E-state index contributed by atoms with van der Waals surface area (Å²) in [5.41, 5.74) is 10.6. The van der Waals surface area contributed by atoms with Gasteiger partial charge in [0.2, 0.25) is 17.7 Å². The van der Waals surface area contributed by atoms with E-state index in [-0.39, 0.29) is 18.9 Å². The Morgan fingerprint density at radius 2 is 1.52 bits per heavy atom. The van der Waals surface area contributed by atoms with Crippen LogP contribution in [0.5, 0.6) is 0 Å². The van der Waals surface area contributed by atoms with E-state index < -0.39 is 47.9 Å². The summed E-state index contributed by atoms with van der Waals surface area (Å²) < 4.78 is 0. The lowest BCUT2D eigenvalue weighted by Crippen LogP contribution is -2.60. The van der Waals surface area contributed by atoms with Gasteiger partial charge in [0.15, 0.2) is 0 Å². The molecule has 0 aliphatic rings. The molecule has 0 saturated carbocycles. The summed E-state index contributed by atoms with van der Waals surface area (Å²) in [6.07, 6.45) is 0.667. The fourth-order valence-electron chi connectivity index (χ4n) is 2.59. The molecule has 11 nitrogen and oxygen atoms in total. The molecule has 0 rings (SSSR count). The van der Waals surface area contributed by atoms with E-state index in [0.717, 1.165) is 0 Å². The molecule has 0 bridgehead atoms. The van der Waals surface area contributed by atoms with E-state index in [9.17, 15) is 29.4 Å². The number of rotatable bonds is 14. The normalized spacial score (nSPS) is 16.1. The summed E-state index contributed by atoms with van der Waals surface area (Å²) in [5.74, 6) is -3.56. The molecule has 0 aromatic carbocycles. The van der Waals surface area contributed by atoms with E-state index in [0.29, 0.717) is 25.8 Å². The number of carboxylic acids is 1. The average molecular weight is 418 g/mol. The Bertz CT molecular complexity index is 557. The van der Waals surface area contributed by atoms with Crippen molar-refractivity contribution >= 4 is 23.7 Å². The van der Waals surface area contributed by atoms with Gasteiger partial charge in [-0.1, -0.05) is 20.3 Å². The number of carbonyl (C=O) groups is 4. The van der Waals surface area contributed by atoms with Crippen LogP contribution in [0.4, 0.5) is 0 Å². The summed E-state index contributed by atoms with van der Waals surface area (Å²) in [6.45, 7) is 4.91. The van der Waals surface area contributed by atoms with Gasteiger partial charge in [-0.3, -0.25) is 14.4 Å². The Balaban J connectivity index is 5.31. The van der Waals surface area contributed by atoms with Crippen molar-refractivity contribution in [3.8, 4) is 0 Å². The van der Waals surface area contributed by atoms with Gasteiger partial charge in [-0.15, -0.1) is 0 Å². The smallest absolute Gasteiger partial charge is 0.326 e. The fourth-order valence-corrected chi connectivity index (χ4v) is 2.59. The van der Waals surface area contributed by atoms with Crippen LogP contribution in [0.2, 0.25) is 0 Å². The van der Waals surface area contributed by atoms with Crippen LogP contribution in [0.15, 0.2) is 0 Å². The van der Waals surface area contributed by atoms with Crippen LogP contribution in [0.25, 0.3) is 0 Å². The van der Waals surface area contributed by atoms with Gasteiger partial charge in [0, 0.05) is 0 Å². The van der Waals surface area contributed by atoms with E-state index in [4.69, 9.17) is 11.5 Å². The van der Waals surface area contributed by atoms with Gasteiger partial charge in [-0.05, 0) is 38.6 Å². The Kier molecular flexibility index (Phi) is 12.8. The lowest BCUT2D eigenvalue weighted by Gasteiger charge is -2.28. The second kappa shape index (κ2) is 13.9. The number of nitrogens with one attached hydrogen (secondary N) is 3. The molecule has 5 atom stereocenters. The first-order valence-corrected chi connectivity index (χ1v) is 9.80. The standard InChI is InChI=1S/C18H35N5O6/c1-4-10(2)14(16(26)21-12(18(28)29)7-5-6-8-19)23-17(27)15(11(3)24)22-13(25)9-20/h10-12,14-15,24H,4-9,19-20H2,1-3H3,(H,21,26)(H,22,25)(H,23,27)(H,28,29). The molecule has 5 unspecified atom stereocenters. The third-order valence-electron chi connectivity index (χ3n) is 4.62. The number of unbranched alkanes of at least 4 members (excludes halogenated alkanes) is 1. The first-order chi connectivity index (χ1) is 13.6. The van der Waals surface area contributed by atoms with Gasteiger partial charge < -0.3 is 37.6 Å². The quantitative estimate of drug-likeness (QED) is 0.158. The zero-order valence-corrected chi connectivity index (χ0v) is 17.3. The number of nitrogens with two attached hydrogens (primary N) is 2. The number of aliphatic hydroxyl groups is 1. The van der Waals surface area contributed by atoms with Gasteiger partial charge in [0.05, 0.1) is 12.6 Å². The molecule has 168 valence electrons. The van der Waals surface area contributed by atoms with Crippen molar-refractivity contribution in [2.75, 3.05) is 13.1 Å². The van der Waals surface area contributed by atoms with Gasteiger partial charge >= 0.3 is 5.97 Å². The first-order valence-electron chi connectivity index (χ1n) is 9.80. The largest absolute Gasteiger partial charge is 0.480 e. The molecule has 9 N–H and O–H groups in total.